The second-order valence-electron chi connectivity index (χ2n) is 8.64. The zero-order valence-corrected chi connectivity index (χ0v) is 19.4. The molecule has 3 aromatic heterocycles. The van der Waals surface area contributed by atoms with Gasteiger partial charge in [-0.05, 0) is 24.3 Å². The summed E-state index contributed by atoms with van der Waals surface area (Å²) in [6.07, 6.45) is 0. The van der Waals surface area contributed by atoms with Crippen molar-refractivity contribution < 1.29 is 8.42 Å². The van der Waals surface area contributed by atoms with Crippen molar-refractivity contribution in [2.75, 3.05) is 0 Å². The van der Waals surface area contributed by atoms with Crippen molar-refractivity contribution in [3.63, 3.8) is 0 Å². The summed E-state index contributed by atoms with van der Waals surface area (Å²) < 4.78 is 31.5. The van der Waals surface area contributed by atoms with Crippen molar-refractivity contribution in [2.45, 2.75) is 4.90 Å². The van der Waals surface area contributed by atoms with Gasteiger partial charge >= 0.3 is 0 Å². The van der Waals surface area contributed by atoms with Crippen molar-refractivity contribution in [2.24, 2.45) is 0 Å². The van der Waals surface area contributed by atoms with E-state index < -0.39 is 10.0 Å². The van der Waals surface area contributed by atoms with Crippen LogP contribution in [0.5, 0.6) is 0 Å². The Morgan fingerprint density at radius 3 is 2.00 bits per heavy atom. The Balaban J connectivity index is 1.54. The van der Waals surface area contributed by atoms with Crippen LogP contribution in [0.4, 0.5) is 0 Å². The molecule has 0 aliphatic carbocycles. The number of para-hydroxylation sites is 3. The van der Waals surface area contributed by atoms with Crippen molar-refractivity contribution in [1.29, 1.82) is 0 Å². The topological polar surface area (TPSA) is 44.0 Å². The molecule has 162 valence electrons. The molecule has 0 saturated carbocycles. The molecule has 0 unspecified atom stereocenters. The maximum atomic E-state index is 13.8. The summed E-state index contributed by atoms with van der Waals surface area (Å²) in [5.41, 5.74) is 4.74. The monoisotopic (exact) mass is 476 g/mol. The normalized spacial score (nSPS) is 14.4. The lowest BCUT2D eigenvalue weighted by molar-refractivity contribution is 0.590. The first-order valence-electron chi connectivity index (χ1n) is 11.0. The first-order valence-corrected chi connectivity index (χ1v) is 13.3. The summed E-state index contributed by atoms with van der Waals surface area (Å²) in [6.45, 7) is 0. The molecule has 8 rings (SSSR count). The van der Waals surface area contributed by atoms with Crippen molar-refractivity contribution in [1.82, 2.24) is 8.54 Å². The second-order valence-corrected chi connectivity index (χ2v) is 11.4. The third kappa shape index (κ3) is 2.11. The van der Waals surface area contributed by atoms with Crippen LogP contribution in [0.1, 0.15) is 0 Å². The highest BCUT2D eigenvalue weighted by atomic mass is 32.2. The maximum absolute atomic E-state index is 13.8. The number of aromatic nitrogens is 2. The lowest BCUT2D eigenvalue weighted by Gasteiger charge is -2.20. The van der Waals surface area contributed by atoms with E-state index in [-0.39, 0.29) is 0 Å². The van der Waals surface area contributed by atoms with E-state index in [1.807, 2.05) is 42.5 Å². The predicted molar refractivity (Wildman–Crippen MR) is 140 cm³/mol. The van der Waals surface area contributed by atoms with Crippen molar-refractivity contribution in [3.8, 4) is 16.1 Å². The van der Waals surface area contributed by atoms with Crippen LogP contribution in [0.2, 0.25) is 0 Å². The maximum Gasteiger partial charge on any atom is 0.270 e. The standard InChI is InChI=1S/C28H16N2O2S2/c31-34(32)25-15-6-3-10-19(25)20-11-7-12-21-22-16-26(33-28(22)30(34)27(20)21)29-23-13-4-1-8-17(23)18-9-2-5-14-24(18)29/h1-16H. The number of thiophene rings is 1. The van der Waals surface area contributed by atoms with Gasteiger partial charge in [-0.3, -0.25) is 0 Å². The van der Waals surface area contributed by atoms with Crippen LogP contribution in [0.25, 0.3) is 59.1 Å². The van der Waals surface area contributed by atoms with Gasteiger partial charge in [0.15, 0.2) is 0 Å². The molecule has 4 heterocycles. The number of rotatable bonds is 1. The fourth-order valence-corrected chi connectivity index (χ4v) is 8.70. The molecule has 0 amide bonds. The highest BCUT2D eigenvalue weighted by Crippen LogP contribution is 2.47. The summed E-state index contributed by atoms with van der Waals surface area (Å²) in [5, 5.41) is 5.32. The van der Waals surface area contributed by atoms with Crippen molar-refractivity contribution >= 4 is 64.3 Å². The summed E-state index contributed by atoms with van der Waals surface area (Å²) >= 11 is 1.53. The molecule has 34 heavy (non-hydrogen) atoms. The van der Waals surface area contributed by atoms with Crippen LogP contribution in [-0.4, -0.2) is 17.0 Å². The molecule has 7 aromatic rings. The summed E-state index contributed by atoms with van der Waals surface area (Å²) in [4.78, 5) is 1.12. The molecule has 0 fully saturated rings. The van der Waals surface area contributed by atoms with E-state index in [9.17, 15) is 8.42 Å². The van der Waals surface area contributed by atoms with Gasteiger partial charge in [0.25, 0.3) is 10.0 Å². The van der Waals surface area contributed by atoms with E-state index in [1.54, 1.807) is 16.1 Å². The van der Waals surface area contributed by atoms with Gasteiger partial charge in [0.2, 0.25) is 0 Å². The number of nitrogens with zero attached hydrogens (tertiary/aromatic N) is 2. The Labute approximate surface area is 199 Å². The minimum absolute atomic E-state index is 0.360. The number of fused-ring (bicyclic) bond motifs is 8. The highest BCUT2D eigenvalue weighted by Gasteiger charge is 2.33. The Hall–Kier alpha value is -3.87. The van der Waals surface area contributed by atoms with Crippen LogP contribution in [-0.2, 0) is 10.0 Å². The summed E-state index contributed by atoms with van der Waals surface area (Å²) in [7, 11) is -3.71. The highest BCUT2D eigenvalue weighted by molar-refractivity contribution is 7.90. The Kier molecular flexibility index (Phi) is 3.36. The van der Waals surface area contributed by atoms with E-state index in [4.69, 9.17) is 0 Å². The van der Waals surface area contributed by atoms with Gasteiger partial charge in [0.1, 0.15) is 9.83 Å². The van der Waals surface area contributed by atoms with E-state index in [0.717, 1.165) is 48.3 Å². The number of hydrogen-bond donors (Lipinski definition) is 0. The lowest BCUT2D eigenvalue weighted by Crippen LogP contribution is -2.17. The fraction of sp³-hybridized carbons (Fsp3) is 0. The van der Waals surface area contributed by atoms with E-state index in [2.05, 4.69) is 47.0 Å². The van der Waals surface area contributed by atoms with Crippen LogP contribution in [0, 0.1) is 0 Å². The first-order chi connectivity index (χ1) is 16.6. The van der Waals surface area contributed by atoms with Crippen LogP contribution >= 0.6 is 11.3 Å². The molecule has 0 radical (unpaired) electrons. The largest absolute Gasteiger partial charge is 0.301 e. The fourth-order valence-electron chi connectivity index (χ4n) is 5.52. The first kappa shape index (κ1) is 18.5. The van der Waals surface area contributed by atoms with Crippen LogP contribution in [0.15, 0.2) is 102 Å². The van der Waals surface area contributed by atoms with Gasteiger partial charge in [0.05, 0.1) is 21.4 Å². The zero-order valence-electron chi connectivity index (χ0n) is 17.8. The van der Waals surface area contributed by atoms with Crippen LogP contribution in [0.3, 0.4) is 0 Å². The van der Waals surface area contributed by atoms with Crippen molar-refractivity contribution in [3.05, 3.63) is 97.1 Å². The molecule has 1 aliphatic rings. The van der Waals surface area contributed by atoms with E-state index in [1.165, 1.54) is 22.1 Å². The Morgan fingerprint density at radius 2 is 1.24 bits per heavy atom. The van der Waals surface area contributed by atoms with Gasteiger partial charge in [-0.25, -0.2) is 12.4 Å². The molecule has 0 saturated heterocycles. The summed E-state index contributed by atoms with van der Waals surface area (Å²) in [6, 6.07) is 32.3. The number of benzene rings is 4. The molecule has 0 N–H and O–H groups in total. The molecular formula is C28H16N2O2S2. The quantitative estimate of drug-likeness (QED) is 0.252. The van der Waals surface area contributed by atoms with Gasteiger partial charge in [-0.15, -0.1) is 0 Å². The third-order valence-electron chi connectivity index (χ3n) is 6.91. The lowest BCUT2D eigenvalue weighted by atomic mass is 10.0. The molecule has 4 aromatic carbocycles. The molecule has 0 bridgehead atoms. The molecular weight excluding hydrogens is 460 g/mol. The molecule has 6 heteroatoms. The predicted octanol–water partition coefficient (Wildman–Crippen LogP) is 7.17. The second kappa shape index (κ2) is 6.17. The van der Waals surface area contributed by atoms with Crippen LogP contribution < -0.4 is 0 Å². The third-order valence-corrected chi connectivity index (χ3v) is 9.89. The summed E-state index contributed by atoms with van der Waals surface area (Å²) in [5.74, 6) is 0. The zero-order chi connectivity index (χ0) is 22.6. The van der Waals surface area contributed by atoms with E-state index in [0.29, 0.717) is 4.90 Å². The van der Waals surface area contributed by atoms with Gasteiger partial charge < -0.3 is 4.57 Å². The molecule has 4 nitrogen and oxygen atoms in total. The SMILES string of the molecule is O=S1(=O)c2ccccc2-c2cccc3c4cc(-n5c6ccccc6c6ccccc65)sc4n1c23. The average molecular weight is 477 g/mol. The number of hydrogen-bond acceptors (Lipinski definition) is 3. The molecule has 0 spiro atoms. The Bertz CT molecular complexity index is 2040. The molecule has 0 atom stereocenters. The van der Waals surface area contributed by atoms with Gasteiger partial charge in [-0.1, -0.05) is 84.1 Å². The molecule has 1 aliphatic heterocycles. The minimum atomic E-state index is -3.71. The van der Waals surface area contributed by atoms with E-state index >= 15 is 0 Å². The average Bonchev–Trinajstić information content (AvgIpc) is 3.52. The Morgan fingerprint density at radius 1 is 0.618 bits per heavy atom. The van der Waals surface area contributed by atoms with Gasteiger partial charge in [0, 0.05) is 32.7 Å². The van der Waals surface area contributed by atoms with Gasteiger partial charge in [-0.2, -0.15) is 0 Å². The minimum Gasteiger partial charge on any atom is -0.301 e. The smallest absolute Gasteiger partial charge is 0.270 e.